The van der Waals surface area contributed by atoms with Crippen LogP contribution in [0.5, 0.6) is 0 Å². The maximum Gasteiger partial charge on any atom is 0.186 e. The zero-order chi connectivity index (χ0) is 7.40. The monoisotopic (exact) mass is 157 g/mol. The second-order valence-corrected chi connectivity index (χ2v) is 4.08. The average Bonchev–Trinajstić information content (AvgIpc) is 1.88. The van der Waals surface area contributed by atoms with Crippen molar-refractivity contribution in [3.8, 4) is 0 Å². The van der Waals surface area contributed by atoms with E-state index in [1.165, 1.54) is 37.4 Å². The van der Waals surface area contributed by atoms with Gasteiger partial charge >= 0.3 is 0 Å². The van der Waals surface area contributed by atoms with Crippen LogP contribution in [0.2, 0.25) is 0 Å². The predicted molar refractivity (Wildman–Crippen MR) is 44.8 cm³/mol. The van der Waals surface area contributed by atoms with Crippen molar-refractivity contribution in [1.82, 2.24) is 0 Å². The quantitative estimate of drug-likeness (QED) is 0.581. The van der Waals surface area contributed by atoms with E-state index >= 15 is 0 Å². The first-order valence-corrected chi connectivity index (χ1v) is 4.67. The number of hydrogen-bond acceptors (Lipinski definition) is 2. The van der Waals surface area contributed by atoms with E-state index in [4.69, 9.17) is 0 Å². The Hall–Kier alpha value is 0.0200. The summed E-state index contributed by atoms with van der Waals surface area (Å²) in [6, 6.07) is 0. The number of carbonyl (C=O) groups is 1. The van der Waals surface area contributed by atoms with Crippen molar-refractivity contribution in [2.75, 3.05) is 0 Å². The van der Waals surface area contributed by atoms with Gasteiger partial charge in [0.25, 0.3) is 0 Å². The molecule has 0 saturated heterocycles. The zero-order valence-electron chi connectivity index (χ0n) is 6.30. The molecular weight excluding hydrogens is 144 g/mol. The SMILES string of the molecule is CC(=O)SC1[CH]CCCC1. The summed E-state index contributed by atoms with van der Waals surface area (Å²) < 4.78 is 0. The first-order valence-electron chi connectivity index (χ1n) is 3.79. The Balaban J connectivity index is 2.19. The fraction of sp³-hybridized carbons (Fsp3) is 0.750. The first-order chi connectivity index (χ1) is 4.79. The highest BCUT2D eigenvalue weighted by Gasteiger charge is 2.15. The van der Waals surface area contributed by atoms with Gasteiger partial charge in [0.15, 0.2) is 5.12 Å². The second-order valence-electron chi connectivity index (χ2n) is 2.67. The summed E-state index contributed by atoms with van der Waals surface area (Å²) in [4.78, 5) is 10.7. The molecule has 1 fully saturated rings. The highest BCUT2D eigenvalue weighted by Crippen LogP contribution is 2.27. The average molecular weight is 157 g/mol. The molecule has 0 amide bonds. The summed E-state index contributed by atoms with van der Waals surface area (Å²) in [6.45, 7) is 1.65. The molecule has 1 aliphatic carbocycles. The van der Waals surface area contributed by atoms with Crippen LogP contribution in [0.4, 0.5) is 0 Å². The molecule has 1 atom stereocenters. The van der Waals surface area contributed by atoms with E-state index in [-0.39, 0.29) is 5.12 Å². The molecule has 1 rings (SSSR count). The van der Waals surface area contributed by atoms with E-state index in [1.54, 1.807) is 6.92 Å². The largest absolute Gasteiger partial charge is 0.288 e. The van der Waals surface area contributed by atoms with Crippen molar-refractivity contribution >= 4 is 16.9 Å². The summed E-state index contributed by atoms with van der Waals surface area (Å²) in [7, 11) is 0. The predicted octanol–water partition coefficient (Wildman–Crippen LogP) is 2.41. The van der Waals surface area contributed by atoms with E-state index < -0.39 is 0 Å². The number of hydrogen-bond donors (Lipinski definition) is 0. The third-order valence-electron chi connectivity index (χ3n) is 1.69. The molecule has 0 aromatic carbocycles. The van der Waals surface area contributed by atoms with Gasteiger partial charge in [-0.25, -0.2) is 0 Å². The van der Waals surface area contributed by atoms with E-state index in [0.29, 0.717) is 5.25 Å². The molecule has 0 aromatic heterocycles. The van der Waals surface area contributed by atoms with Gasteiger partial charge < -0.3 is 0 Å². The highest BCUT2D eigenvalue weighted by molar-refractivity contribution is 8.14. The Labute approximate surface area is 66.6 Å². The zero-order valence-corrected chi connectivity index (χ0v) is 7.12. The summed E-state index contributed by atoms with van der Waals surface area (Å²) >= 11 is 1.48. The lowest BCUT2D eigenvalue weighted by Gasteiger charge is -2.18. The minimum Gasteiger partial charge on any atom is -0.288 e. The van der Waals surface area contributed by atoms with Crippen LogP contribution in [-0.2, 0) is 4.79 Å². The molecule has 1 nitrogen and oxygen atoms in total. The van der Waals surface area contributed by atoms with Crippen LogP contribution in [0, 0.1) is 6.42 Å². The van der Waals surface area contributed by atoms with Crippen molar-refractivity contribution in [3.05, 3.63) is 6.42 Å². The van der Waals surface area contributed by atoms with Crippen LogP contribution in [-0.4, -0.2) is 10.4 Å². The van der Waals surface area contributed by atoms with Gasteiger partial charge in [-0.2, -0.15) is 0 Å². The van der Waals surface area contributed by atoms with E-state index in [0.717, 1.165) is 0 Å². The number of rotatable bonds is 1. The van der Waals surface area contributed by atoms with Crippen LogP contribution in [0.3, 0.4) is 0 Å². The van der Waals surface area contributed by atoms with Crippen LogP contribution in [0.1, 0.15) is 32.6 Å². The fourth-order valence-corrected chi connectivity index (χ4v) is 2.17. The van der Waals surface area contributed by atoms with Gasteiger partial charge in [-0.15, -0.1) is 0 Å². The molecule has 0 bridgehead atoms. The maximum absolute atomic E-state index is 10.7. The van der Waals surface area contributed by atoms with E-state index in [9.17, 15) is 4.79 Å². The normalized spacial score (nSPS) is 20.9. The fourth-order valence-electron chi connectivity index (χ4n) is 1.23. The van der Waals surface area contributed by atoms with Crippen molar-refractivity contribution in [2.24, 2.45) is 0 Å². The third kappa shape index (κ3) is 2.74. The molecule has 1 saturated carbocycles. The Bertz CT molecular complexity index is 116. The van der Waals surface area contributed by atoms with Crippen molar-refractivity contribution in [2.45, 2.75) is 37.9 Å². The van der Waals surface area contributed by atoms with Gasteiger partial charge in [-0.05, 0) is 19.3 Å². The van der Waals surface area contributed by atoms with E-state index in [1.807, 2.05) is 0 Å². The standard InChI is InChI=1S/C8H13OS/c1-7(9)10-8-5-3-2-4-6-8/h5,8H,2-4,6H2,1H3. The lowest BCUT2D eigenvalue weighted by Crippen LogP contribution is -2.10. The third-order valence-corrected chi connectivity index (χ3v) is 2.75. The van der Waals surface area contributed by atoms with Crippen LogP contribution in [0.15, 0.2) is 0 Å². The second kappa shape index (κ2) is 4.02. The molecule has 10 heavy (non-hydrogen) atoms. The van der Waals surface area contributed by atoms with Crippen LogP contribution < -0.4 is 0 Å². The molecule has 1 unspecified atom stereocenters. The van der Waals surface area contributed by atoms with Gasteiger partial charge in [0, 0.05) is 12.2 Å². The van der Waals surface area contributed by atoms with Gasteiger partial charge in [0.05, 0.1) is 0 Å². The number of carbonyl (C=O) groups excluding carboxylic acids is 1. The molecule has 0 aromatic rings. The van der Waals surface area contributed by atoms with Crippen molar-refractivity contribution in [1.29, 1.82) is 0 Å². The molecular formula is C8H13OS. The van der Waals surface area contributed by atoms with Gasteiger partial charge in [0.2, 0.25) is 0 Å². The van der Waals surface area contributed by atoms with E-state index in [2.05, 4.69) is 6.42 Å². The lowest BCUT2D eigenvalue weighted by molar-refractivity contribution is -0.109. The molecule has 1 aliphatic rings. The van der Waals surface area contributed by atoms with Crippen molar-refractivity contribution in [3.63, 3.8) is 0 Å². The van der Waals surface area contributed by atoms with Gasteiger partial charge in [-0.3, -0.25) is 4.79 Å². The Morgan fingerprint density at radius 1 is 1.60 bits per heavy atom. The Morgan fingerprint density at radius 3 is 2.90 bits per heavy atom. The molecule has 0 aliphatic heterocycles. The molecule has 2 heteroatoms. The number of thioether (sulfide) groups is 1. The molecule has 0 heterocycles. The van der Waals surface area contributed by atoms with Crippen LogP contribution >= 0.6 is 11.8 Å². The summed E-state index contributed by atoms with van der Waals surface area (Å²) in [6.07, 6.45) is 7.28. The summed E-state index contributed by atoms with van der Waals surface area (Å²) in [5, 5.41) is 0.773. The minimum absolute atomic E-state index is 0.253. The molecule has 1 radical (unpaired) electrons. The first kappa shape index (κ1) is 8.12. The molecule has 0 spiro atoms. The Kier molecular flexibility index (Phi) is 3.26. The maximum atomic E-state index is 10.7. The van der Waals surface area contributed by atoms with Crippen LogP contribution in [0.25, 0.3) is 0 Å². The smallest absolute Gasteiger partial charge is 0.186 e. The topological polar surface area (TPSA) is 17.1 Å². The lowest BCUT2D eigenvalue weighted by atomic mass is 10.0. The van der Waals surface area contributed by atoms with Crippen molar-refractivity contribution < 1.29 is 4.79 Å². The summed E-state index contributed by atoms with van der Waals surface area (Å²) in [5.41, 5.74) is 0. The molecule has 57 valence electrons. The van der Waals surface area contributed by atoms with Gasteiger partial charge in [0.1, 0.15) is 0 Å². The Morgan fingerprint density at radius 2 is 2.40 bits per heavy atom. The minimum atomic E-state index is 0.253. The summed E-state index contributed by atoms with van der Waals surface area (Å²) in [5.74, 6) is 0. The highest BCUT2D eigenvalue weighted by atomic mass is 32.2. The molecule has 0 N–H and O–H groups in total. The van der Waals surface area contributed by atoms with Gasteiger partial charge in [-0.1, -0.05) is 24.6 Å².